The van der Waals surface area contributed by atoms with Crippen LogP contribution in [0.3, 0.4) is 0 Å². The first-order chi connectivity index (χ1) is 10.5. The zero-order chi connectivity index (χ0) is 15.5. The van der Waals surface area contributed by atoms with Gasteiger partial charge in [-0.05, 0) is 26.8 Å². The molecule has 0 radical (unpaired) electrons. The molecule has 0 unspecified atom stereocenters. The van der Waals surface area contributed by atoms with Crippen LogP contribution in [0.4, 0.5) is 0 Å². The third kappa shape index (κ3) is 1.81. The monoisotopic (exact) mass is 317 g/mol. The molecule has 4 heterocycles. The number of thioether (sulfide) groups is 1. The van der Waals surface area contributed by atoms with Gasteiger partial charge in [0.25, 0.3) is 0 Å². The molecule has 4 rings (SSSR count). The minimum absolute atomic E-state index is 0.0733. The van der Waals surface area contributed by atoms with Gasteiger partial charge in [0, 0.05) is 17.3 Å². The van der Waals surface area contributed by atoms with Crippen LogP contribution in [0.15, 0.2) is 31.2 Å². The van der Waals surface area contributed by atoms with Crippen molar-refractivity contribution < 1.29 is 9.47 Å². The average molecular weight is 317 g/mol. The summed E-state index contributed by atoms with van der Waals surface area (Å²) in [7, 11) is 0. The molecule has 0 spiro atoms. The molecular formula is C16H19N3O2S. The summed E-state index contributed by atoms with van der Waals surface area (Å²) in [4.78, 5) is 8.75. The Morgan fingerprint density at radius 3 is 3.05 bits per heavy atom. The third-order valence-electron chi connectivity index (χ3n) is 4.38. The number of fused-ring (bicyclic) bond motifs is 2. The number of hydrogen-bond donors (Lipinski definition) is 0. The van der Waals surface area contributed by atoms with Crippen LogP contribution in [-0.2, 0) is 15.2 Å². The highest BCUT2D eigenvalue weighted by molar-refractivity contribution is 8.00. The largest absolute Gasteiger partial charge is 0.341 e. The van der Waals surface area contributed by atoms with E-state index in [9.17, 15) is 0 Å². The summed E-state index contributed by atoms with van der Waals surface area (Å²) in [5, 5.41) is 1.26. The summed E-state index contributed by atoms with van der Waals surface area (Å²) < 4.78 is 14.7. The van der Waals surface area contributed by atoms with E-state index in [1.54, 1.807) is 6.33 Å². The average Bonchev–Trinajstić information content (AvgIpc) is 3.08. The molecule has 2 aliphatic rings. The summed E-state index contributed by atoms with van der Waals surface area (Å²) in [6.45, 7) is 9.87. The van der Waals surface area contributed by atoms with Crippen molar-refractivity contribution in [1.82, 2.24) is 14.5 Å². The summed E-state index contributed by atoms with van der Waals surface area (Å²) in [6.07, 6.45) is 5.52. The van der Waals surface area contributed by atoms with E-state index in [0.29, 0.717) is 0 Å². The first-order valence-corrected chi connectivity index (χ1v) is 8.43. The second kappa shape index (κ2) is 4.57. The predicted octanol–water partition coefficient (Wildman–Crippen LogP) is 2.85. The Hall–Kier alpha value is -1.37. The van der Waals surface area contributed by atoms with Gasteiger partial charge in [0.05, 0.1) is 10.9 Å². The molecule has 116 valence electrons. The molecule has 6 heteroatoms. The van der Waals surface area contributed by atoms with Crippen LogP contribution in [0.1, 0.15) is 19.5 Å². The van der Waals surface area contributed by atoms with Crippen molar-refractivity contribution in [3.63, 3.8) is 0 Å². The van der Waals surface area contributed by atoms with Gasteiger partial charge in [-0.1, -0.05) is 6.08 Å². The summed E-state index contributed by atoms with van der Waals surface area (Å²) in [6, 6.07) is 2.05. The van der Waals surface area contributed by atoms with Gasteiger partial charge >= 0.3 is 0 Å². The van der Waals surface area contributed by atoms with Gasteiger partial charge in [0.15, 0.2) is 11.5 Å². The third-order valence-corrected chi connectivity index (χ3v) is 5.78. The highest BCUT2D eigenvalue weighted by atomic mass is 32.2. The molecule has 2 aliphatic heterocycles. The Labute approximate surface area is 133 Å². The number of aryl methyl sites for hydroxylation is 1. The summed E-state index contributed by atoms with van der Waals surface area (Å²) >= 11 is 1.81. The maximum atomic E-state index is 6.40. The van der Waals surface area contributed by atoms with Gasteiger partial charge < -0.3 is 14.0 Å². The lowest BCUT2D eigenvalue weighted by Crippen LogP contribution is -2.43. The topological polar surface area (TPSA) is 49.2 Å². The molecule has 2 aromatic heterocycles. The molecule has 2 aromatic rings. The molecule has 0 aromatic carbocycles. The van der Waals surface area contributed by atoms with Crippen molar-refractivity contribution in [1.29, 1.82) is 0 Å². The highest BCUT2D eigenvalue weighted by Crippen LogP contribution is 2.52. The van der Waals surface area contributed by atoms with Gasteiger partial charge in [0.1, 0.15) is 18.1 Å². The van der Waals surface area contributed by atoms with Crippen molar-refractivity contribution in [2.75, 3.05) is 5.75 Å². The van der Waals surface area contributed by atoms with E-state index in [-0.39, 0.29) is 11.4 Å². The number of hydrogen-bond acceptors (Lipinski definition) is 5. The lowest BCUT2D eigenvalue weighted by molar-refractivity contribution is -0.175. The van der Waals surface area contributed by atoms with Crippen LogP contribution >= 0.6 is 11.8 Å². The van der Waals surface area contributed by atoms with Crippen LogP contribution in [0.5, 0.6) is 0 Å². The van der Waals surface area contributed by atoms with Crippen LogP contribution in [-0.4, -0.2) is 37.4 Å². The number of ether oxygens (including phenoxy) is 2. The Balaban J connectivity index is 1.91. The van der Waals surface area contributed by atoms with Gasteiger partial charge in [-0.25, -0.2) is 9.97 Å². The first kappa shape index (κ1) is 14.2. The second-order valence-corrected chi connectivity index (χ2v) is 7.44. The fourth-order valence-corrected chi connectivity index (χ4v) is 4.85. The lowest BCUT2D eigenvalue weighted by Gasteiger charge is -2.30. The van der Waals surface area contributed by atoms with Gasteiger partial charge in [-0.3, -0.25) is 0 Å². The Morgan fingerprint density at radius 1 is 1.45 bits per heavy atom. The molecule has 0 amide bonds. The van der Waals surface area contributed by atoms with Gasteiger partial charge in [0.2, 0.25) is 0 Å². The number of aromatic nitrogens is 3. The molecule has 0 N–H and O–H groups in total. The van der Waals surface area contributed by atoms with Crippen LogP contribution in [0.25, 0.3) is 11.0 Å². The molecule has 0 bridgehead atoms. The predicted molar refractivity (Wildman–Crippen MR) is 86.7 cm³/mol. The highest BCUT2D eigenvalue weighted by Gasteiger charge is 2.61. The van der Waals surface area contributed by atoms with E-state index in [4.69, 9.17) is 9.47 Å². The van der Waals surface area contributed by atoms with Gasteiger partial charge in [-0.2, -0.15) is 0 Å². The van der Waals surface area contributed by atoms with Crippen molar-refractivity contribution in [3.8, 4) is 0 Å². The van der Waals surface area contributed by atoms with Crippen molar-refractivity contribution in [3.05, 3.63) is 36.9 Å². The molecule has 2 fully saturated rings. The summed E-state index contributed by atoms with van der Waals surface area (Å²) in [5.74, 6) is 0.191. The van der Waals surface area contributed by atoms with E-state index in [1.807, 2.05) is 44.8 Å². The van der Waals surface area contributed by atoms with E-state index < -0.39 is 11.5 Å². The zero-order valence-corrected chi connectivity index (χ0v) is 13.8. The van der Waals surface area contributed by atoms with E-state index in [0.717, 1.165) is 22.5 Å². The molecule has 0 saturated carbocycles. The minimum Gasteiger partial charge on any atom is -0.341 e. The molecule has 3 atom stereocenters. The molecule has 0 aliphatic carbocycles. The number of rotatable bonds is 2. The van der Waals surface area contributed by atoms with Crippen LogP contribution in [0, 0.1) is 6.92 Å². The standard InChI is InChI=1S/C16H19N3O2S/c1-5-12-13-16(8-22-12,21-15(3,4)20-13)19-7-6-11-10(2)17-9-18-14(11)19/h5-7,9,12-13H,1,8H2,2-4H3/t12-,13+,16-/m0/s1. The van der Waals surface area contributed by atoms with Crippen molar-refractivity contribution in [2.24, 2.45) is 0 Å². The minimum atomic E-state index is -0.619. The van der Waals surface area contributed by atoms with E-state index in [1.165, 1.54) is 0 Å². The lowest BCUT2D eigenvalue weighted by atomic mass is 10.1. The fourth-order valence-electron chi connectivity index (χ4n) is 3.47. The molecular weight excluding hydrogens is 298 g/mol. The Kier molecular flexibility index (Phi) is 2.95. The normalized spacial score (nSPS) is 33.2. The van der Waals surface area contributed by atoms with Crippen LogP contribution < -0.4 is 0 Å². The molecule has 5 nitrogen and oxygen atoms in total. The van der Waals surface area contributed by atoms with Gasteiger partial charge in [-0.15, -0.1) is 18.3 Å². The first-order valence-electron chi connectivity index (χ1n) is 7.38. The second-order valence-electron chi connectivity index (χ2n) is 6.28. The molecule has 2 saturated heterocycles. The Bertz CT molecular complexity index is 757. The molecule has 22 heavy (non-hydrogen) atoms. The van der Waals surface area contributed by atoms with Crippen molar-refractivity contribution in [2.45, 2.75) is 43.6 Å². The maximum Gasteiger partial charge on any atom is 0.186 e. The SMILES string of the molecule is C=C[C@@H]1SC[C@]2(n3ccc4c(C)ncnc43)OC(C)(C)O[C@H]12. The smallest absolute Gasteiger partial charge is 0.186 e. The summed E-state index contributed by atoms with van der Waals surface area (Å²) in [5.41, 5.74) is 1.32. The van der Waals surface area contributed by atoms with Crippen molar-refractivity contribution >= 4 is 22.8 Å². The van der Waals surface area contributed by atoms with Crippen LogP contribution in [0.2, 0.25) is 0 Å². The van der Waals surface area contributed by atoms with E-state index in [2.05, 4.69) is 27.2 Å². The maximum absolute atomic E-state index is 6.40. The number of nitrogens with zero attached hydrogens (tertiary/aromatic N) is 3. The fraction of sp³-hybridized carbons (Fsp3) is 0.500. The Morgan fingerprint density at radius 2 is 2.27 bits per heavy atom. The quantitative estimate of drug-likeness (QED) is 0.797. The van der Waals surface area contributed by atoms with E-state index >= 15 is 0 Å². The zero-order valence-electron chi connectivity index (χ0n) is 12.9.